The molecule has 0 spiro atoms. The number of hydrogen-bond donors (Lipinski definition) is 0. The van der Waals surface area contributed by atoms with E-state index in [0.29, 0.717) is 6.04 Å². The Morgan fingerprint density at radius 3 is 2.61 bits per heavy atom. The van der Waals surface area contributed by atoms with E-state index < -0.39 is 0 Å². The molecule has 0 amide bonds. The van der Waals surface area contributed by atoms with Gasteiger partial charge in [-0.25, -0.2) is 0 Å². The number of hydrogen-bond acceptors (Lipinski definition) is 3. The van der Waals surface area contributed by atoms with E-state index in [-0.39, 0.29) is 16.4 Å². The van der Waals surface area contributed by atoms with E-state index >= 15 is 0 Å². The second kappa shape index (κ2) is 6.46. The van der Waals surface area contributed by atoms with Gasteiger partial charge in [-0.3, -0.25) is 9.69 Å². The first-order chi connectivity index (χ1) is 13.4. The first-order valence-electron chi connectivity index (χ1n) is 10.9. The van der Waals surface area contributed by atoms with E-state index in [1.807, 2.05) is 6.07 Å². The number of fused-ring (bicyclic) bond motifs is 3. The van der Waals surface area contributed by atoms with Crippen molar-refractivity contribution in [2.45, 2.75) is 52.6 Å². The Morgan fingerprint density at radius 2 is 1.89 bits per heavy atom. The molecule has 152 valence electrons. The molecule has 2 aromatic rings. The monoisotopic (exact) mass is 383 g/mol. The van der Waals surface area contributed by atoms with Crippen LogP contribution < -0.4 is 5.56 Å². The highest BCUT2D eigenvalue weighted by molar-refractivity contribution is 5.78. The van der Waals surface area contributed by atoms with Crippen LogP contribution in [0.15, 0.2) is 29.3 Å². The van der Waals surface area contributed by atoms with Crippen LogP contribution in [0, 0.1) is 16.7 Å². The van der Waals surface area contributed by atoms with Gasteiger partial charge in [0.2, 0.25) is 0 Å². The molecule has 0 aromatic carbocycles. The maximum Gasteiger partial charge on any atom is 0.260 e. The van der Waals surface area contributed by atoms with Crippen molar-refractivity contribution in [3.8, 4) is 0 Å². The quantitative estimate of drug-likeness (QED) is 0.811. The van der Waals surface area contributed by atoms with Crippen LogP contribution in [0.25, 0.3) is 10.9 Å². The average Bonchev–Trinajstić information content (AvgIpc) is 3.32. The van der Waals surface area contributed by atoms with E-state index in [1.54, 1.807) is 0 Å². The molecule has 5 nitrogen and oxygen atoms in total. The molecule has 3 aliphatic rings. The van der Waals surface area contributed by atoms with Crippen molar-refractivity contribution in [2.75, 3.05) is 32.8 Å². The van der Waals surface area contributed by atoms with Crippen LogP contribution in [-0.2, 0) is 11.3 Å². The summed E-state index contributed by atoms with van der Waals surface area (Å²) in [5, 5.41) is 0.867. The lowest BCUT2D eigenvalue weighted by molar-refractivity contribution is 0.0365. The van der Waals surface area contributed by atoms with Gasteiger partial charge >= 0.3 is 0 Å². The van der Waals surface area contributed by atoms with E-state index in [4.69, 9.17) is 4.74 Å². The summed E-state index contributed by atoms with van der Waals surface area (Å²) in [6.07, 6.45) is 7.99. The van der Waals surface area contributed by atoms with Crippen LogP contribution in [0.3, 0.4) is 0 Å². The number of ether oxygens (including phenoxy) is 1. The van der Waals surface area contributed by atoms with Crippen LogP contribution >= 0.6 is 0 Å². The minimum absolute atomic E-state index is 0.184. The van der Waals surface area contributed by atoms with Crippen molar-refractivity contribution in [3.05, 3.63) is 34.9 Å². The van der Waals surface area contributed by atoms with Crippen molar-refractivity contribution in [1.29, 1.82) is 0 Å². The van der Waals surface area contributed by atoms with Gasteiger partial charge in [0.1, 0.15) is 0 Å². The van der Waals surface area contributed by atoms with Crippen molar-refractivity contribution in [1.82, 2.24) is 14.0 Å². The van der Waals surface area contributed by atoms with Gasteiger partial charge in [-0.05, 0) is 48.1 Å². The van der Waals surface area contributed by atoms with Gasteiger partial charge in [-0.1, -0.05) is 20.8 Å². The summed E-state index contributed by atoms with van der Waals surface area (Å²) >= 11 is 0. The zero-order chi connectivity index (χ0) is 19.5. The molecule has 2 bridgehead atoms. The fourth-order valence-electron chi connectivity index (χ4n) is 6.65. The van der Waals surface area contributed by atoms with Gasteiger partial charge in [0, 0.05) is 44.6 Å². The van der Waals surface area contributed by atoms with Crippen LogP contribution in [0.1, 0.15) is 46.1 Å². The largest absolute Gasteiger partial charge is 0.379 e. The number of morpholine rings is 1. The van der Waals surface area contributed by atoms with Crippen LogP contribution in [0.2, 0.25) is 0 Å². The van der Waals surface area contributed by atoms with E-state index in [0.717, 1.165) is 56.2 Å². The minimum Gasteiger partial charge on any atom is -0.379 e. The summed E-state index contributed by atoms with van der Waals surface area (Å²) in [7, 11) is 0. The predicted octanol–water partition coefficient (Wildman–Crippen LogP) is 3.52. The van der Waals surface area contributed by atoms with Gasteiger partial charge in [-0.15, -0.1) is 0 Å². The number of aromatic nitrogens is 2. The summed E-state index contributed by atoms with van der Waals surface area (Å²) in [4.78, 5) is 15.9. The molecule has 1 aliphatic heterocycles. The molecule has 1 saturated heterocycles. The Hall–Kier alpha value is -1.59. The van der Waals surface area contributed by atoms with Gasteiger partial charge in [-0.2, -0.15) is 0 Å². The third-order valence-corrected chi connectivity index (χ3v) is 8.10. The third-order valence-electron chi connectivity index (χ3n) is 8.10. The summed E-state index contributed by atoms with van der Waals surface area (Å²) in [6.45, 7) is 12.7. The number of nitrogens with zero attached hydrogens (tertiary/aromatic N) is 3. The van der Waals surface area contributed by atoms with Crippen molar-refractivity contribution in [2.24, 2.45) is 16.7 Å². The Bertz CT molecular complexity index is 932. The van der Waals surface area contributed by atoms with Gasteiger partial charge in [0.25, 0.3) is 5.56 Å². The summed E-state index contributed by atoms with van der Waals surface area (Å²) < 4.78 is 9.76. The van der Waals surface area contributed by atoms with Gasteiger partial charge in [0.05, 0.1) is 24.1 Å². The molecule has 28 heavy (non-hydrogen) atoms. The lowest BCUT2D eigenvalue weighted by Crippen LogP contribution is -2.41. The molecule has 5 rings (SSSR count). The highest BCUT2D eigenvalue weighted by atomic mass is 16.5. The minimum atomic E-state index is 0.184. The molecule has 1 unspecified atom stereocenters. The maximum atomic E-state index is 13.5. The van der Waals surface area contributed by atoms with E-state index in [9.17, 15) is 4.79 Å². The second-order valence-electron chi connectivity index (χ2n) is 10.1. The van der Waals surface area contributed by atoms with Crippen LogP contribution in [0.4, 0.5) is 0 Å². The highest BCUT2D eigenvalue weighted by Crippen LogP contribution is 2.67. The topological polar surface area (TPSA) is 39.4 Å². The molecule has 3 heterocycles. The summed E-state index contributed by atoms with van der Waals surface area (Å²) in [6, 6.07) is 4.49. The Kier molecular flexibility index (Phi) is 4.25. The van der Waals surface area contributed by atoms with Crippen molar-refractivity contribution < 1.29 is 4.74 Å². The molecule has 2 saturated carbocycles. The molecule has 0 radical (unpaired) electrons. The molecule has 0 N–H and O–H groups in total. The first kappa shape index (κ1) is 18.4. The first-order valence-corrected chi connectivity index (χ1v) is 10.9. The van der Waals surface area contributed by atoms with Crippen molar-refractivity contribution in [3.63, 3.8) is 0 Å². The molecule has 5 heteroatoms. The SMILES string of the molecule is CC1(C)C2CC[C@](C)(C2)[C@H]1n1ccc2c(ccn2CCN2CCOCC2)c1=O. The van der Waals surface area contributed by atoms with Crippen LogP contribution in [0.5, 0.6) is 0 Å². The standard InChI is InChI=1S/C23H33N3O2/c1-22(2)17-4-7-23(3,16-17)21(22)26-9-6-19-18(20(26)27)5-8-25(19)11-10-24-12-14-28-15-13-24/h5-6,8-9,17,21H,4,7,10-16H2,1-3H3/t17?,21-,23+/m0/s1. The smallest absolute Gasteiger partial charge is 0.260 e. The summed E-state index contributed by atoms with van der Waals surface area (Å²) in [5.74, 6) is 0.739. The van der Waals surface area contributed by atoms with E-state index in [2.05, 4.69) is 53.3 Å². The zero-order valence-corrected chi connectivity index (χ0v) is 17.5. The molecule has 3 atom stereocenters. The van der Waals surface area contributed by atoms with Crippen LogP contribution in [-0.4, -0.2) is 46.9 Å². The number of rotatable bonds is 4. The Morgan fingerprint density at radius 1 is 1.11 bits per heavy atom. The lowest BCUT2D eigenvalue weighted by atomic mass is 9.68. The average molecular weight is 384 g/mol. The lowest BCUT2D eigenvalue weighted by Gasteiger charge is -2.43. The summed E-state index contributed by atoms with van der Waals surface area (Å²) in [5.41, 5.74) is 1.70. The number of pyridine rings is 1. The fourth-order valence-corrected chi connectivity index (χ4v) is 6.65. The normalized spacial score (nSPS) is 32.4. The molecule has 2 aromatic heterocycles. The van der Waals surface area contributed by atoms with Crippen molar-refractivity contribution >= 4 is 10.9 Å². The molecule has 2 aliphatic carbocycles. The maximum absolute atomic E-state index is 13.5. The molecule has 3 fully saturated rings. The van der Waals surface area contributed by atoms with E-state index in [1.165, 1.54) is 19.3 Å². The Labute approximate surface area is 167 Å². The fraction of sp³-hybridized carbons (Fsp3) is 0.696. The Balaban J connectivity index is 1.45. The highest BCUT2D eigenvalue weighted by Gasteiger charge is 2.60. The zero-order valence-electron chi connectivity index (χ0n) is 17.5. The third kappa shape index (κ3) is 2.70. The molecular weight excluding hydrogens is 350 g/mol. The predicted molar refractivity (Wildman–Crippen MR) is 112 cm³/mol. The van der Waals surface area contributed by atoms with Gasteiger partial charge < -0.3 is 13.9 Å². The van der Waals surface area contributed by atoms with Gasteiger partial charge in [0.15, 0.2) is 0 Å². The molecular formula is C23H33N3O2. The second-order valence-corrected chi connectivity index (χ2v) is 10.1.